The molecule has 0 aliphatic rings. The highest BCUT2D eigenvalue weighted by Gasteiger charge is 2.00. The molecule has 0 aliphatic heterocycles. The maximum absolute atomic E-state index is 5.15. The fourth-order valence-corrected chi connectivity index (χ4v) is 0.870. The SMILES string of the molecule is B(Oc1cnccn1)Oc1cnccn1. The molecule has 0 saturated heterocycles. The molecule has 0 N–H and O–H groups in total. The average molecular weight is 202 g/mol. The molecule has 2 aromatic heterocycles. The van der Waals surface area contributed by atoms with E-state index in [0.29, 0.717) is 11.8 Å². The molecule has 0 fully saturated rings. The van der Waals surface area contributed by atoms with Gasteiger partial charge in [-0.25, -0.2) is 9.97 Å². The third-order valence-electron chi connectivity index (χ3n) is 1.49. The van der Waals surface area contributed by atoms with Gasteiger partial charge in [0.05, 0.1) is 12.4 Å². The molecule has 0 amide bonds. The van der Waals surface area contributed by atoms with Gasteiger partial charge in [0.1, 0.15) is 0 Å². The zero-order chi connectivity index (χ0) is 10.3. The summed E-state index contributed by atoms with van der Waals surface area (Å²) in [6.45, 7) is 0. The maximum Gasteiger partial charge on any atom is 0.578 e. The van der Waals surface area contributed by atoms with Crippen LogP contribution in [0.1, 0.15) is 0 Å². The van der Waals surface area contributed by atoms with Gasteiger partial charge in [-0.15, -0.1) is 0 Å². The minimum Gasteiger partial charge on any atom is -0.513 e. The van der Waals surface area contributed by atoms with E-state index < -0.39 is 0 Å². The summed E-state index contributed by atoms with van der Waals surface area (Å²) < 4.78 is 10.3. The standard InChI is InChI=1S/C8H7BN4O2/c1-3-12-7(5-10-1)14-9-15-8-6-11-2-4-13-8/h1-6,9H. The Labute approximate surface area is 86.7 Å². The smallest absolute Gasteiger partial charge is 0.513 e. The molecule has 0 atom stereocenters. The Morgan fingerprint density at radius 1 is 0.800 bits per heavy atom. The Hall–Kier alpha value is -2.18. The van der Waals surface area contributed by atoms with Crippen molar-refractivity contribution in [3.05, 3.63) is 37.2 Å². The van der Waals surface area contributed by atoms with Gasteiger partial charge in [-0.2, -0.15) is 0 Å². The van der Waals surface area contributed by atoms with E-state index in [-0.39, 0.29) is 7.69 Å². The Balaban J connectivity index is 1.81. The van der Waals surface area contributed by atoms with Crippen LogP contribution >= 0.6 is 0 Å². The Kier molecular flexibility index (Phi) is 3.06. The third-order valence-corrected chi connectivity index (χ3v) is 1.49. The molecule has 0 unspecified atom stereocenters. The molecule has 2 heterocycles. The van der Waals surface area contributed by atoms with Crippen LogP contribution in [-0.2, 0) is 0 Å². The first-order valence-corrected chi connectivity index (χ1v) is 4.23. The van der Waals surface area contributed by atoms with Gasteiger partial charge in [0.15, 0.2) is 0 Å². The fraction of sp³-hybridized carbons (Fsp3) is 0. The van der Waals surface area contributed by atoms with Gasteiger partial charge in [-0.05, 0) is 0 Å². The second-order valence-electron chi connectivity index (χ2n) is 2.49. The van der Waals surface area contributed by atoms with Gasteiger partial charge in [-0.3, -0.25) is 9.97 Å². The van der Waals surface area contributed by atoms with Crippen LogP contribution in [0.25, 0.3) is 0 Å². The van der Waals surface area contributed by atoms with Gasteiger partial charge in [0.25, 0.3) is 0 Å². The normalized spacial score (nSPS) is 9.33. The predicted octanol–water partition coefficient (Wildman–Crippen LogP) is -0.00910. The van der Waals surface area contributed by atoms with Crippen LogP contribution in [0.3, 0.4) is 0 Å². The molecular formula is C8H7BN4O2. The van der Waals surface area contributed by atoms with E-state index in [4.69, 9.17) is 9.31 Å². The molecule has 15 heavy (non-hydrogen) atoms. The summed E-state index contributed by atoms with van der Waals surface area (Å²) in [5.74, 6) is 0.808. The molecule has 0 spiro atoms. The van der Waals surface area contributed by atoms with Gasteiger partial charge in [0.2, 0.25) is 11.8 Å². The Bertz CT molecular complexity index is 360. The summed E-state index contributed by atoms with van der Waals surface area (Å²) in [6.07, 6.45) is 9.21. The minimum atomic E-state index is 0.0252. The lowest BCUT2D eigenvalue weighted by Gasteiger charge is -2.03. The molecule has 0 bridgehead atoms. The summed E-state index contributed by atoms with van der Waals surface area (Å²) in [5.41, 5.74) is 0. The lowest BCUT2D eigenvalue weighted by Crippen LogP contribution is -2.12. The van der Waals surface area contributed by atoms with Crippen molar-refractivity contribution in [3.8, 4) is 11.8 Å². The van der Waals surface area contributed by atoms with Crippen molar-refractivity contribution in [2.45, 2.75) is 0 Å². The monoisotopic (exact) mass is 202 g/mol. The quantitative estimate of drug-likeness (QED) is 0.649. The topological polar surface area (TPSA) is 70.0 Å². The number of rotatable bonds is 4. The minimum absolute atomic E-state index is 0.0252. The van der Waals surface area contributed by atoms with Crippen LogP contribution in [0, 0.1) is 0 Å². The fourth-order valence-electron chi connectivity index (χ4n) is 0.870. The second-order valence-corrected chi connectivity index (χ2v) is 2.49. The van der Waals surface area contributed by atoms with Gasteiger partial charge >= 0.3 is 7.69 Å². The van der Waals surface area contributed by atoms with E-state index in [1.54, 1.807) is 12.4 Å². The van der Waals surface area contributed by atoms with Crippen molar-refractivity contribution in [2.75, 3.05) is 0 Å². The van der Waals surface area contributed by atoms with Crippen LogP contribution in [0.15, 0.2) is 37.2 Å². The summed E-state index contributed by atoms with van der Waals surface area (Å²) in [6, 6.07) is 0. The van der Waals surface area contributed by atoms with Crippen molar-refractivity contribution < 1.29 is 9.31 Å². The Morgan fingerprint density at radius 2 is 1.33 bits per heavy atom. The Morgan fingerprint density at radius 3 is 1.73 bits per heavy atom. The van der Waals surface area contributed by atoms with Gasteiger partial charge in [-0.1, -0.05) is 0 Å². The zero-order valence-corrected chi connectivity index (χ0v) is 7.78. The van der Waals surface area contributed by atoms with Crippen molar-refractivity contribution in [3.63, 3.8) is 0 Å². The van der Waals surface area contributed by atoms with E-state index in [1.165, 1.54) is 24.8 Å². The molecule has 0 aliphatic carbocycles. The molecule has 2 rings (SSSR count). The zero-order valence-electron chi connectivity index (χ0n) is 7.78. The highest BCUT2D eigenvalue weighted by Crippen LogP contribution is 2.02. The molecule has 2 aromatic rings. The lowest BCUT2D eigenvalue weighted by atomic mass is 10.4. The largest absolute Gasteiger partial charge is 0.578 e. The summed E-state index contributed by atoms with van der Waals surface area (Å²) >= 11 is 0. The van der Waals surface area contributed by atoms with Crippen molar-refractivity contribution in [1.29, 1.82) is 0 Å². The average Bonchev–Trinajstić information content (AvgIpc) is 2.32. The maximum atomic E-state index is 5.15. The summed E-state index contributed by atoms with van der Waals surface area (Å²) in [5, 5.41) is 0. The highest BCUT2D eigenvalue weighted by atomic mass is 16.6. The van der Waals surface area contributed by atoms with E-state index in [9.17, 15) is 0 Å². The first kappa shape index (κ1) is 9.38. The number of aromatic nitrogens is 4. The van der Waals surface area contributed by atoms with Gasteiger partial charge < -0.3 is 9.31 Å². The van der Waals surface area contributed by atoms with Crippen LogP contribution in [0.2, 0.25) is 0 Å². The second kappa shape index (κ2) is 4.89. The highest BCUT2D eigenvalue weighted by molar-refractivity contribution is 6.20. The first-order chi connectivity index (χ1) is 7.45. The van der Waals surface area contributed by atoms with Crippen LogP contribution < -0.4 is 9.31 Å². The van der Waals surface area contributed by atoms with E-state index in [1.807, 2.05) is 0 Å². The number of nitrogens with zero attached hydrogens (tertiary/aromatic N) is 4. The third kappa shape index (κ3) is 2.90. The lowest BCUT2D eigenvalue weighted by molar-refractivity contribution is 0.436. The van der Waals surface area contributed by atoms with Crippen LogP contribution in [0.4, 0.5) is 0 Å². The van der Waals surface area contributed by atoms with Crippen LogP contribution in [0.5, 0.6) is 11.8 Å². The summed E-state index contributed by atoms with van der Waals surface area (Å²) in [7, 11) is 0.0252. The predicted molar refractivity (Wildman–Crippen MR) is 52.5 cm³/mol. The molecule has 0 radical (unpaired) electrons. The molecule has 74 valence electrons. The van der Waals surface area contributed by atoms with E-state index in [2.05, 4.69) is 19.9 Å². The van der Waals surface area contributed by atoms with Crippen molar-refractivity contribution >= 4 is 7.69 Å². The summed E-state index contributed by atoms with van der Waals surface area (Å²) in [4.78, 5) is 15.5. The molecule has 6 nitrogen and oxygen atoms in total. The van der Waals surface area contributed by atoms with E-state index in [0.717, 1.165) is 0 Å². The van der Waals surface area contributed by atoms with E-state index >= 15 is 0 Å². The van der Waals surface area contributed by atoms with Gasteiger partial charge in [0, 0.05) is 24.8 Å². The molecule has 7 heteroatoms. The molecule has 0 aromatic carbocycles. The number of hydrogen-bond donors (Lipinski definition) is 0. The molecule has 0 saturated carbocycles. The van der Waals surface area contributed by atoms with Crippen molar-refractivity contribution in [1.82, 2.24) is 19.9 Å². The molecular weight excluding hydrogens is 195 g/mol. The van der Waals surface area contributed by atoms with Crippen LogP contribution in [-0.4, -0.2) is 27.6 Å². The number of hydrogen-bond acceptors (Lipinski definition) is 6. The van der Waals surface area contributed by atoms with Crippen molar-refractivity contribution in [2.24, 2.45) is 0 Å². The first-order valence-electron chi connectivity index (χ1n) is 4.23.